The molecule has 2 atom stereocenters. The van der Waals surface area contributed by atoms with E-state index in [-0.39, 0.29) is 42.7 Å². The number of carboxylic acids is 1. The van der Waals surface area contributed by atoms with Crippen molar-refractivity contribution < 1.29 is 38.2 Å². The van der Waals surface area contributed by atoms with Gasteiger partial charge in [0.25, 0.3) is 0 Å². The van der Waals surface area contributed by atoms with Crippen LogP contribution >= 0.6 is 0 Å². The van der Waals surface area contributed by atoms with Crippen LogP contribution < -0.4 is 5.11 Å². The van der Waals surface area contributed by atoms with Crippen LogP contribution in [0, 0.1) is 0 Å². The highest BCUT2D eigenvalue weighted by atomic mass is 16.6. The lowest BCUT2D eigenvalue weighted by Gasteiger charge is -2.34. The number of carboxylic acid groups (broad SMARTS) is 1. The molecular formula is C45H83NO7. The number of esters is 2. The zero-order chi connectivity index (χ0) is 39.3. The predicted octanol–water partition coefficient (Wildman–Crippen LogP) is 10.4. The molecule has 0 rings (SSSR count). The normalized spacial score (nSPS) is 13.2. The number of unbranched alkanes of at least 4 members (excludes halogenated alkanes) is 21. The summed E-state index contributed by atoms with van der Waals surface area (Å²) in [5, 5.41) is 11.6. The van der Waals surface area contributed by atoms with Crippen molar-refractivity contribution in [2.75, 3.05) is 41.0 Å². The number of carbonyl (C=O) groups excluding carboxylic acids is 3. The van der Waals surface area contributed by atoms with Crippen LogP contribution in [0.15, 0.2) is 24.3 Å². The van der Waals surface area contributed by atoms with Gasteiger partial charge in [0.1, 0.15) is 12.6 Å². The van der Waals surface area contributed by atoms with E-state index in [9.17, 15) is 19.5 Å². The van der Waals surface area contributed by atoms with Crippen molar-refractivity contribution in [2.24, 2.45) is 0 Å². The highest BCUT2D eigenvalue weighted by Gasteiger charge is 2.25. The van der Waals surface area contributed by atoms with Crippen molar-refractivity contribution >= 4 is 17.9 Å². The Bertz CT molecular complexity index is 926. The minimum absolute atomic E-state index is 0.0427. The molecule has 0 N–H and O–H groups in total. The van der Waals surface area contributed by atoms with E-state index >= 15 is 0 Å². The summed E-state index contributed by atoms with van der Waals surface area (Å²) in [5.74, 6) is -1.73. The van der Waals surface area contributed by atoms with Gasteiger partial charge in [-0.3, -0.25) is 9.59 Å². The highest BCUT2D eigenvalue weighted by Crippen LogP contribution is 2.14. The van der Waals surface area contributed by atoms with E-state index in [4.69, 9.17) is 14.2 Å². The predicted molar refractivity (Wildman–Crippen MR) is 217 cm³/mol. The van der Waals surface area contributed by atoms with Crippen molar-refractivity contribution in [1.29, 1.82) is 0 Å². The molecule has 0 saturated carbocycles. The molecule has 0 spiro atoms. The van der Waals surface area contributed by atoms with Gasteiger partial charge in [0.15, 0.2) is 6.10 Å². The largest absolute Gasteiger partial charge is 0.544 e. The molecule has 0 aliphatic carbocycles. The summed E-state index contributed by atoms with van der Waals surface area (Å²) in [6, 6.07) is -0.722. The number of ether oxygens (including phenoxy) is 3. The maximum absolute atomic E-state index is 12.7. The van der Waals surface area contributed by atoms with Gasteiger partial charge in [0.05, 0.1) is 40.3 Å². The van der Waals surface area contributed by atoms with Gasteiger partial charge < -0.3 is 28.6 Å². The second-order valence-corrected chi connectivity index (χ2v) is 15.9. The molecule has 0 aromatic carbocycles. The first-order valence-corrected chi connectivity index (χ1v) is 21.9. The Morgan fingerprint density at radius 1 is 0.566 bits per heavy atom. The topological polar surface area (TPSA) is 102 Å². The Hall–Kier alpha value is -2.19. The summed E-state index contributed by atoms with van der Waals surface area (Å²) >= 11 is 0. The van der Waals surface area contributed by atoms with Crippen LogP contribution in [0.4, 0.5) is 0 Å². The maximum atomic E-state index is 12.7. The van der Waals surface area contributed by atoms with Crippen molar-refractivity contribution in [1.82, 2.24) is 0 Å². The number of rotatable bonds is 39. The maximum Gasteiger partial charge on any atom is 0.306 e. The van der Waals surface area contributed by atoms with E-state index in [1.54, 1.807) is 21.1 Å². The van der Waals surface area contributed by atoms with Crippen LogP contribution in [0.25, 0.3) is 0 Å². The summed E-state index contributed by atoms with van der Waals surface area (Å²) in [7, 11) is 5.41. The summed E-state index contributed by atoms with van der Waals surface area (Å²) < 4.78 is 17.1. The third-order valence-corrected chi connectivity index (χ3v) is 9.84. The summed E-state index contributed by atoms with van der Waals surface area (Å²) in [6.45, 7) is 4.63. The molecule has 0 heterocycles. The first-order chi connectivity index (χ1) is 25.6. The molecule has 0 aliphatic rings. The van der Waals surface area contributed by atoms with E-state index in [0.717, 1.165) is 44.9 Å². The SMILES string of the molecule is CCCCC/C=C\C/C=C\CCCCCCCCCCCC(=O)OC(COCCC(C(=O)[O-])[N+](C)(C)C)COC(=O)CCCCCCCCCCCC. The Labute approximate surface area is 326 Å². The molecule has 53 heavy (non-hydrogen) atoms. The average molecular weight is 750 g/mol. The number of aliphatic carboxylic acids is 1. The number of hydrogen-bond donors (Lipinski definition) is 0. The molecule has 0 aromatic rings. The summed E-state index contributed by atoms with van der Waals surface area (Å²) in [5.41, 5.74) is 0. The van der Waals surface area contributed by atoms with Gasteiger partial charge in [0, 0.05) is 19.3 Å². The van der Waals surface area contributed by atoms with E-state index in [0.29, 0.717) is 12.8 Å². The van der Waals surface area contributed by atoms with Crippen LogP contribution in [0.3, 0.4) is 0 Å². The van der Waals surface area contributed by atoms with Gasteiger partial charge >= 0.3 is 11.9 Å². The molecule has 0 bridgehead atoms. The Kier molecular flexibility index (Phi) is 35.2. The highest BCUT2D eigenvalue weighted by molar-refractivity contribution is 5.70. The third kappa shape index (κ3) is 35.3. The number of nitrogens with zero attached hydrogens (tertiary/aromatic N) is 1. The number of hydrogen-bond acceptors (Lipinski definition) is 7. The van der Waals surface area contributed by atoms with Gasteiger partial charge in [0.2, 0.25) is 0 Å². The van der Waals surface area contributed by atoms with Crippen LogP contribution in [0.5, 0.6) is 0 Å². The van der Waals surface area contributed by atoms with E-state index in [2.05, 4.69) is 38.2 Å². The zero-order valence-corrected chi connectivity index (χ0v) is 35.2. The average Bonchev–Trinajstić information content (AvgIpc) is 3.11. The summed E-state index contributed by atoms with van der Waals surface area (Å²) in [6.07, 6.45) is 39.1. The number of likely N-dealkylation sites (N-methyl/N-ethyl adjacent to an activating group) is 1. The molecule has 2 unspecified atom stereocenters. The number of carbonyl (C=O) groups is 3. The smallest absolute Gasteiger partial charge is 0.306 e. The lowest BCUT2D eigenvalue weighted by atomic mass is 10.1. The lowest BCUT2D eigenvalue weighted by Crippen LogP contribution is -2.55. The molecule has 0 radical (unpaired) electrons. The molecule has 0 fully saturated rings. The van der Waals surface area contributed by atoms with Crippen LogP contribution in [-0.2, 0) is 28.6 Å². The van der Waals surface area contributed by atoms with Gasteiger partial charge in [-0.2, -0.15) is 0 Å². The second-order valence-electron chi connectivity index (χ2n) is 15.9. The fourth-order valence-corrected chi connectivity index (χ4v) is 6.39. The molecule has 0 saturated heterocycles. The molecule has 310 valence electrons. The van der Waals surface area contributed by atoms with Crippen LogP contribution in [0.2, 0.25) is 0 Å². The van der Waals surface area contributed by atoms with E-state index < -0.39 is 18.1 Å². The minimum atomic E-state index is -1.12. The zero-order valence-electron chi connectivity index (χ0n) is 35.2. The van der Waals surface area contributed by atoms with E-state index in [1.165, 1.54) is 116 Å². The van der Waals surface area contributed by atoms with Crippen LogP contribution in [-0.4, -0.2) is 75.5 Å². The number of allylic oxidation sites excluding steroid dienone is 4. The minimum Gasteiger partial charge on any atom is -0.544 e. The molecule has 8 heteroatoms. The van der Waals surface area contributed by atoms with Gasteiger partial charge in [-0.1, -0.05) is 154 Å². The Morgan fingerprint density at radius 3 is 1.49 bits per heavy atom. The first kappa shape index (κ1) is 50.8. The van der Waals surface area contributed by atoms with Crippen molar-refractivity contribution in [2.45, 2.75) is 206 Å². The quantitative estimate of drug-likeness (QED) is 0.0267. The van der Waals surface area contributed by atoms with Crippen molar-refractivity contribution in [3.05, 3.63) is 24.3 Å². The first-order valence-electron chi connectivity index (χ1n) is 21.9. The number of quaternary nitrogens is 1. The fourth-order valence-electron chi connectivity index (χ4n) is 6.39. The fraction of sp³-hybridized carbons (Fsp3) is 0.844. The molecule has 0 aliphatic heterocycles. The van der Waals surface area contributed by atoms with Crippen molar-refractivity contribution in [3.63, 3.8) is 0 Å². The van der Waals surface area contributed by atoms with Gasteiger partial charge in [-0.25, -0.2) is 0 Å². The molecule has 8 nitrogen and oxygen atoms in total. The second kappa shape index (κ2) is 36.8. The molecule has 0 amide bonds. The molecule has 0 aromatic heterocycles. The van der Waals surface area contributed by atoms with Crippen molar-refractivity contribution in [3.8, 4) is 0 Å². The Morgan fingerprint density at radius 2 is 1.00 bits per heavy atom. The third-order valence-electron chi connectivity index (χ3n) is 9.84. The van der Waals surface area contributed by atoms with Gasteiger partial charge in [-0.15, -0.1) is 0 Å². The monoisotopic (exact) mass is 750 g/mol. The molecular weight excluding hydrogens is 666 g/mol. The lowest BCUT2D eigenvalue weighted by molar-refractivity contribution is -0.889. The standard InChI is InChI=1S/C45H83NO7/c1-6-8-10-12-14-16-18-19-20-21-22-23-24-25-26-28-30-32-34-36-44(48)53-41(39-51-38-37-42(45(49)50)46(3,4)5)40-52-43(47)35-33-31-29-27-17-15-13-11-9-7-2/h14,16,19-20,41-42H,6-13,15,17-18,21-40H2,1-5H3/b16-14-,20-19-. The van der Waals surface area contributed by atoms with Gasteiger partial charge in [-0.05, 0) is 44.9 Å². The van der Waals surface area contributed by atoms with Crippen LogP contribution in [0.1, 0.15) is 194 Å². The summed E-state index contributed by atoms with van der Waals surface area (Å²) in [4.78, 5) is 36.7. The van der Waals surface area contributed by atoms with E-state index in [1.807, 2.05) is 0 Å². The Balaban J connectivity index is 4.29.